The number of nitrogens with zero attached hydrogens (tertiary/aromatic N) is 2. The zero-order valence-corrected chi connectivity index (χ0v) is 35.8. The molecule has 4 heteroatoms. The molecule has 0 radical (unpaired) electrons. The Morgan fingerprint density at radius 3 is 1.06 bits per heavy atom. The smallest absolute Gasteiger partial charge is 0.136 e. The molecule has 0 atom stereocenters. The Hall–Kier alpha value is -8.86. The summed E-state index contributed by atoms with van der Waals surface area (Å²) in [5.74, 6) is 0. The third-order valence-corrected chi connectivity index (χ3v) is 13.0. The van der Waals surface area contributed by atoms with Crippen LogP contribution in [-0.4, -0.2) is 0 Å². The van der Waals surface area contributed by atoms with Crippen LogP contribution in [0.3, 0.4) is 0 Å². The molecule has 0 spiro atoms. The highest BCUT2D eigenvalue weighted by molar-refractivity contribution is 6.20. The minimum absolute atomic E-state index is 0.881. The van der Waals surface area contributed by atoms with Gasteiger partial charge in [-0.1, -0.05) is 140 Å². The molecule has 13 rings (SSSR count). The lowest BCUT2D eigenvalue weighted by molar-refractivity contribution is 0.669. The summed E-state index contributed by atoms with van der Waals surface area (Å²) in [6.45, 7) is 0. The second-order valence-electron chi connectivity index (χ2n) is 16.9. The SMILES string of the molecule is c1ccc(N(c2ccc(-c3cccc(-c4ccc(N(c5ccccc5)c5ccc6oc7ccc8ccccc8c7c6c5)cc4)c3)cc2)c2ccc3oc4ccc5ccccc5c4c3c2)cc1. The first-order chi connectivity index (χ1) is 32.7. The van der Waals surface area contributed by atoms with Gasteiger partial charge in [0, 0.05) is 55.7 Å². The highest BCUT2D eigenvalue weighted by Crippen LogP contribution is 2.43. The van der Waals surface area contributed by atoms with Gasteiger partial charge >= 0.3 is 0 Å². The normalized spacial score (nSPS) is 11.6. The van der Waals surface area contributed by atoms with Crippen molar-refractivity contribution in [1.82, 2.24) is 0 Å². The van der Waals surface area contributed by atoms with Crippen LogP contribution in [0.2, 0.25) is 0 Å². The largest absolute Gasteiger partial charge is 0.456 e. The topological polar surface area (TPSA) is 32.8 Å². The number of fused-ring (bicyclic) bond motifs is 10. The summed E-state index contributed by atoms with van der Waals surface area (Å²) < 4.78 is 12.8. The highest BCUT2D eigenvalue weighted by Gasteiger charge is 2.19. The summed E-state index contributed by atoms with van der Waals surface area (Å²) in [7, 11) is 0. The van der Waals surface area contributed by atoms with Gasteiger partial charge in [-0.15, -0.1) is 0 Å². The lowest BCUT2D eigenvalue weighted by Gasteiger charge is -2.26. The van der Waals surface area contributed by atoms with E-state index in [0.29, 0.717) is 0 Å². The molecule has 0 amide bonds. The van der Waals surface area contributed by atoms with E-state index in [1.54, 1.807) is 0 Å². The summed E-state index contributed by atoms with van der Waals surface area (Å²) in [4.78, 5) is 4.64. The van der Waals surface area contributed by atoms with Gasteiger partial charge in [-0.2, -0.15) is 0 Å². The third kappa shape index (κ3) is 6.38. The van der Waals surface area contributed by atoms with E-state index in [0.717, 1.165) is 100 Å². The zero-order valence-electron chi connectivity index (χ0n) is 35.8. The first kappa shape index (κ1) is 37.7. The lowest BCUT2D eigenvalue weighted by atomic mass is 9.98. The van der Waals surface area contributed by atoms with E-state index in [1.807, 2.05) is 0 Å². The molecule has 0 fully saturated rings. The van der Waals surface area contributed by atoms with Gasteiger partial charge in [0.15, 0.2) is 0 Å². The number of hydrogen-bond donors (Lipinski definition) is 0. The number of anilines is 6. The van der Waals surface area contributed by atoms with E-state index in [-0.39, 0.29) is 0 Å². The molecule has 4 nitrogen and oxygen atoms in total. The van der Waals surface area contributed by atoms with Crippen molar-refractivity contribution in [3.05, 3.63) is 243 Å². The Bertz CT molecular complexity index is 3670. The van der Waals surface area contributed by atoms with Crippen molar-refractivity contribution in [2.75, 3.05) is 9.80 Å². The second kappa shape index (κ2) is 15.4. The van der Waals surface area contributed by atoms with Gasteiger partial charge < -0.3 is 18.6 Å². The van der Waals surface area contributed by atoms with Crippen molar-refractivity contribution in [2.45, 2.75) is 0 Å². The molecule has 0 bridgehead atoms. The molecule has 0 saturated heterocycles. The van der Waals surface area contributed by atoms with Crippen LogP contribution in [0.15, 0.2) is 251 Å². The Morgan fingerprint density at radius 1 is 0.227 bits per heavy atom. The zero-order chi connectivity index (χ0) is 43.6. The summed E-state index contributed by atoms with van der Waals surface area (Å²) in [5, 5.41) is 9.29. The Balaban J connectivity index is 0.830. The van der Waals surface area contributed by atoms with Crippen molar-refractivity contribution < 1.29 is 8.83 Å². The fourth-order valence-corrected chi connectivity index (χ4v) is 9.88. The van der Waals surface area contributed by atoms with E-state index in [1.165, 1.54) is 21.5 Å². The van der Waals surface area contributed by atoms with Gasteiger partial charge in [-0.25, -0.2) is 0 Å². The summed E-state index contributed by atoms with van der Waals surface area (Å²) in [5.41, 5.74) is 14.6. The molecule has 0 aliphatic carbocycles. The van der Waals surface area contributed by atoms with Crippen LogP contribution in [-0.2, 0) is 0 Å². The maximum absolute atomic E-state index is 6.38. The van der Waals surface area contributed by atoms with Crippen LogP contribution >= 0.6 is 0 Å². The maximum atomic E-state index is 6.38. The van der Waals surface area contributed by atoms with Crippen LogP contribution in [0, 0.1) is 0 Å². The van der Waals surface area contributed by atoms with Crippen LogP contribution in [0.25, 0.3) is 87.7 Å². The molecule has 0 aliphatic rings. The second-order valence-corrected chi connectivity index (χ2v) is 16.9. The summed E-state index contributed by atoms with van der Waals surface area (Å²) in [6, 6.07) is 86.4. The molecule has 0 N–H and O–H groups in total. The van der Waals surface area contributed by atoms with Gasteiger partial charge in [0.25, 0.3) is 0 Å². The van der Waals surface area contributed by atoms with Crippen molar-refractivity contribution >= 4 is 99.5 Å². The van der Waals surface area contributed by atoms with Crippen LogP contribution in [0.4, 0.5) is 34.1 Å². The van der Waals surface area contributed by atoms with Crippen molar-refractivity contribution in [1.29, 1.82) is 0 Å². The van der Waals surface area contributed by atoms with Crippen molar-refractivity contribution in [3.8, 4) is 22.3 Å². The van der Waals surface area contributed by atoms with Gasteiger partial charge in [-0.3, -0.25) is 0 Å². The van der Waals surface area contributed by atoms with Gasteiger partial charge in [0.2, 0.25) is 0 Å². The minimum atomic E-state index is 0.881. The molecule has 66 heavy (non-hydrogen) atoms. The Kier molecular flexibility index (Phi) is 8.81. The standard InChI is InChI=1S/C62H40N2O2/c1-3-16-47(17-4-1)63(51-32-36-57-55(39-51)61-53-20-9-7-12-43(53)26-34-59(61)65-57)49-28-22-41(23-29-49)45-14-11-15-46(38-45)42-24-30-50(31-25-42)64(48-18-5-2-6-19-48)52-33-37-58-56(40-52)62-54-21-10-8-13-44(54)27-35-60(62)66-58/h1-40H. The van der Waals surface area contributed by atoms with Crippen molar-refractivity contribution in [2.24, 2.45) is 0 Å². The minimum Gasteiger partial charge on any atom is -0.456 e. The molecule has 13 aromatic rings. The van der Waals surface area contributed by atoms with E-state index < -0.39 is 0 Å². The molecule has 0 unspecified atom stereocenters. The number of furan rings is 2. The average molecular weight is 845 g/mol. The molecule has 0 aliphatic heterocycles. The maximum Gasteiger partial charge on any atom is 0.136 e. The number of rotatable bonds is 8. The number of hydrogen-bond acceptors (Lipinski definition) is 4. The third-order valence-electron chi connectivity index (χ3n) is 13.0. The molecular weight excluding hydrogens is 805 g/mol. The molecule has 310 valence electrons. The fourth-order valence-electron chi connectivity index (χ4n) is 9.88. The van der Waals surface area contributed by atoms with Crippen molar-refractivity contribution in [3.63, 3.8) is 0 Å². The highest BCUT2D eigenvalue weighted by atomic mass is 16.3. The van der Waals surface area contributed by atoms with Crippen LogP contribution < -0.4 is 9.80 Å². The van der Waals surface area contributed by atoms with Gasteiger partial charge in [-0.05, 0) is 147 Å². The monoisotopic (exact) mass is 844 g/mol. The molecular formula is C62H40N2O2. The molecule has 0 saturated carbocycles. The summed E-state index contributed by atoms with van der Waals surface area (Å²) in [6.07, 6.45) is 0. The first-order valence-corrected chi connectivity index (χ1v) is 22.4. The van der Waals surface area contributed by atoms with Crippen LogP contribution in [0.5, 0.6) is 0 Å². The summed E-state index contributed by atoms with van der Waals surface area (Å²) >= 11 is 0. The predicted molar refractivity (Wildman–Crippen MR) is 276 cm³/mol. The predicted octanol–water partition coefficient (Wildman–Crippen LogP) is 18.1. The lowest BCUT2D eigenvalue weighted by Crippen LogP contribution is -2.09. The molecule has 11 aromatic carbocycles. The first-order valence-electron chi connectivity index (χ1n) is 22.4. The van der Waals surface area contributed by atoms with Crippen LogP contribution in [0.1, 0.15) is 0 Å². The molecule has 2 aromatic heterocycles. The van der Waals surface area contributed by atoms with E-state index in [2.05, 4.69) is 252 Å². The quantitative estimate of drug-likeness (QED) is 0.153. The van der Waals surface area contributed by atoms with E-state index in [4.69, 9.17) is 8.83 Å². The molecule has 2 heterocycles. The number of para-hydroxylation sites is 2. The van der Waals surface area contributed by atoms with Gasteiger partial charge in [0.1, 0.15) is 22.3 Å². The van der Waals surface area contributed by atoms with E-state index in [9.17, 15) is 0 Å². The Labute approximate surface area is 381 Å². The average Bonchev–Trinajstić information content (AvgIpc) is 3.96. The Morgan fingerprint density at radius 2 is 0.606 bits per heavy atom. The fraction of sp³-hybridized carbons (Fsp3) is 0. The number of benzene rings is 11. The van der Waals surface area contributed by atoms with E-state index >= 15 is 0 Å². The van der Waals surface area contributed by atoms with Gasteiger partial charge in [0.05, 0.1) is 0 Å².